The highest BCUT2D eigenvalue weighted by molar-refractivity contribution is 5.99. The zero-order valence-electron chi connectivity index (χ0n) is 20.2. The van der Waals surface area contributed by atoms with E-state index >= 15 is 0 Å². The molecular weight excluding hydrogens is 490 g/mol. The van der Waals surface area contributed by atoms with Crippen LogP contribution in [0, 0.1) is 11.8 Å². The number of hydrogen-bond acceptors (Lipinski definition) is 8. The molecule has 11 nitrogen and oxygen atoms in total. The van der Waals surface area contributed by atoms with E-state index in [4.69, 9.17) is 5.73 Å². The number of fused-ring (bicyclic) bond motifs is 2. The number of nitrogens with zero attached hydrogens (tertiary/aromatic N) is 5. The summed E-state index contributed by atoms with van der Waals surface area (Å²) < 4.78 is 39.6. The number of aromatic nitrogens is 4. The monoisotopic (exact) mass is 514 g/mol. The van der Waals surface area contributed by atoms with Crippen molar-refractivity contribution in [3.05, 3.63) is 44.6 Å². The molecular formula is C24H24F2N6O5. The quantitative estimate of drug-likeness (QED) is 0.396. The van der Waals surface area contributed by atoms with Gasteiger partial charge in [-0.1, -0.05) is 12.0 Å². The number of benzene rings is 1. The maximum Gasteiger partial charge on any atom is 0.586 e. The van der Waals surface area contributed by atoms with E-state index in [-0.39, 0.29) is 35.1 Å². The summed E-state index contributed by atoms with van der Waals surface area (Å²) in [5.74, 6) is 4.64. The number of imidazole rings is 1. The van der Waals surface area contributed by atoms with E-state index in [1.165, 1.54) is 29.8 Å². The van der Waals surface area contributed by atoms with Gasteiger partial charge in [0.1, 0.15) is 0 Å². The molecule has 194 valence electrons. The van der Waals surface area contributed by atoms with E-state index in [9.17, 15) is 23.2 Å². The van der Waals surface area contributed by atoms with E-state index in [1.807, 2.05) is 4.90 Å². The third-order valence-electron chi connectivity index (χ3n) is 6.40. The van der Waals surface area contributed by atoms with Crippen LogP contribution in [0.3, 0.4) is 0 Å². The lowest BCUT2D eigenvalue weighted by molar-refractivity contribution is -0.286. The number of para-hydroxylation sites is 1. The number of hydrogen-bond donors (Lipinski definition) is 1. The smallest absolute Gasteiger partial charge is 0.395 e. The molecule has 0 amide bonds. The second-order valence-corrected chi connectivity index (χ2v) is 8.90. The predicted molar refractivity (Wildman–Crippen MR) is 129 cm³/mol. The molecule has 5 rings (SSSR count). The summed E-state index contributed by atoms with van der Waals surface area (Å²) in [5, 5.41) is 0. The number of alkyl halides is 2. The Hall–Kier alpha value is -4.18. The summed E-state index contributed by atoms with van der Waals surface area (Å²) in [6, 6.07) is 3.77. The first-order chi connectivity index (χ1) is 17.6. The van der Waals surface area contributed by atoms with Gasteiger partial charge in [0, 0.05) is 26.2 Å². The van der Waals surface area contributed by atoms with Crippen LogP contribution in [0.1, 0.15) is 30.1 Å². The molecule has 1 atom stereocenters. The van der Waals surface area contributed by atoms with Gasteiger partial charge in [-0.25, -0.2) is 4.79 Å². The number of carbonyl (C=O) groups excluding carboxylic acids is 1. The number of rotatable bonds is 5. The Morgan fingerprint density at radius 2 is 2.05 bits per heavy atom. The van der Waals surface area contributed by atoms with Gasteiger partial charge >= 0.3 is 12.0 Å². The van der Waals surface area contributed by atoms with Gasteiger partial charge in [0.05, 0.1) is 18.7 Å². The number of ketones is 1. The molecule has 2 N–H and O–H groups in total. The van der Waals surface area contributed by atoms with Crippen LogP contribution < -0.4 is 31.4 Å². The number of Topliss-reactive ketones (excluding diaryl/α,β-unsaturated/α-hetero) is 1. The lowest BCUT2D eigenvalue weighted by Crippen LogP contribution is -2.44. The lowest BCUT2D eigenvalue weighted by atomic mass is 10.1. The Bertz CT molecular complexity index is 1600. The van der Waals surface area contributed by atoms with Gasteiger partial charge in [-0.15, -0.1) is 14.7 Å². The first-order valence-electron chi connectivity index (χ1n) is 11.6. The topological polar surface area (TPSA) is 127 Å². The number of halogens is 2. The highest BCUT2D eigenvalue weighted by Crippen LogP contribution is 2.43. The number of ether oxygens (including phenoxy) is 2. The summed E-state index contributed by atoms with van der Waals surface area (Å²) in [5.41, 5.74) is 4.61. The standard InChI is InChI=1S/C24H24F2N6O5/c1-3-4-11-31-18-20(28-22(31)30-10-6-7-14(27)12-30)29(2)23(35)32(21(18)34)13-16(33)15-8-5-9-17-19(15)37-24(25,26)36-17/h5,8-9,14H,6-7,10-13,27H2,1-2H3. The maximum absolute atomic E-state index is 13.6. The molecule has 0 bridgehead atoms. The Morgan fingerprint density at radius 3 is 2.78 bits per heavy atom. The molecule has 0 spiro atoms. The Morgan fingerprint density at radius 1 is 1.27 bits per heavy atom. The third kappa shape index (κ3) is 4.23. The zero-order chi connectivity index (χ0) is 26.5. The average Bonchev–Trinajstić information content (AvgIpc) is 3.40. The minimum absolute atomic E-state index is 0.0662. The molecule has 1 fully saturated rings. The molecule has 1 saturated heterocycles. The molecule has 4 heterocycles. The van der Waals surface area contributed by atoms with Crippen molar-refractivity contribution < 1.29 is 23.0 Å². The Kier molecular flexibility index (Phi) is 5.99. The van der Waals surface area contributed by atoms with Crippen molar-refractivity contribution in [2.24, 2.45) is 12.8 Å². The highest BCUT2D eigenvalue weighted by atomic mass is 19.3. The summed E-state index contributed by atoms with van der Waals surface area (Å²) >= 11 is 0. The van der Waals surface area contributed by atoms with Crippen molar-refractivity contribution in [3.63, 3.8) is 0 Å². The molecule has 13 heteroatoms. The van der Waals surface area contributed by atoms with E-state index < -0.39 is 35.6 Å². The van der Waals surface area contributed by atoms with Crippen LogP contribution in [-0.4, -0.2) is 49.9 Å². The first-order valence-corrected chi connectivity index (χ1v) is 11.6. The van der Waals surface area contributed by atoms with Crippen molar-refractivity contribution in [1.29, 1.82) is 0 Å². The van der Waals surface area contributed by atoms with Crippen LogP contribution in [0.15, 0.2) is 27.8 Å². The normalized spacial score (nSPS) is 18.1. The molecule has 0 saturated carbocycles. The fourth-order valence-electron chi connectivity index (χ4n) is 4.66. The minimum Gasteiger partial charge on any atom is -0.395 e. The number of anilines is 1. The van der Waals surface area contributed by atoms with Gasteiger partial charge in [0.25, 0.3) is 5.56 Å². The van der Waals surface area contributed by atoms with Gasteiger partial charge in [-0.3, -0.25) is 23.3 Å². The van der Waals surface area contributed by atoms with Crippen LogP contribution in [-0.2, 0) is 20.1 Å². The van der Waals surface area contributed by atoms with Crippen LogP contribution in [0.25, 0.3) is 11.2 Å². The molecule has 1 unspecified atom stereocenters. The van der Waals surface area contributed by atoms with Gasteiger partial charge in [0.2, 0.25) is 5.95 Å². The maximum atomic E-state index is 13.6. The van der Waals surface area contributed by atoms with Gasteiger partial charge in [-0.05, 0) is 31.9 Å². The molecule has 1 aromatic carbocycles. The number of carbonyl (C=O) groups is 1. The molecule has 0 radical (unpaired) electrons. The molecule has 3 aromatic rings. The number of aryl methyl sites for hydroxylation is 1. The van der Waals surface area contributed by atoms with Crippen LogP contribution in [0.2, 0.25) is 0 Å². The van der Waals surface area contributed by atoms with Gasteiger partial charge in [-0.2, -0.15) is 4.98 Å². The SMILES string of the molecule is CC#CCn1c(N2CCCC(N)C2)nc2c1c(=O)n(CC(=O)c1cccc3c1OC(F)(F)O3)c(=O)n2C. The molecule has 0 aliphatic carbocycles. The molecule has 2 aliphatic rings. The highest BCUT2D eigenvalue weighted by Gasteiger charge is 2.45. The zero-order valence-corrected chi connectivity index (χ0v) is 20.2. The second-order valence-electron chi connectivity index (χ2n) is 8.90. The summed E-state index contributed by atoms with van der Waals surface area (Å²) in [7, 11) is 1.44. The van der Waals surface area contributed by atoms with E-state index in [0.29, 0.717) is 19.0 Å². The molecule has 37 heavy (non-hydrogen) atoms. The van der Waals surface area contributed by atoms with Gasteiger partial charge < -0.3 is 20.1 Å². The Labute approximate surface area is 209 Å². The van der Waals surface area contributed by atoms with Crippen molar-refractivity contribution in [2.45, 2.75) is 45.2 Å². The first kappa shape index (κ1) is 24.5. The van der Waals surface area contributed by atoms with E-state index in [0.717, 1.165) is 17.4 Å². The largest absolute Gasteiger partial charge is 0.586 e. The fraction of sp³-hybridized carbons (Fsp3) is 0.417. The second kappa shape index (κ2) is 9.04. The van der Waals surface area contributed by atoms with E-state index in [1.54, 1.807) is 11.5 Å². The molecule has 2 aliphatic heterocycles. The summed E-state index contributed by atoms with van der Waals surface area (Å²) in [6.45, 7) is 2.28. The van der Waals surface area contributed by atoms with Crippen LogP contribution in [0.5, 0.6) is 11.5 Å². The Balaban J connectivity index is 1.62. The summed E-state index contributed by atoms with van der Waals surface area (Å²) in [6.07, 6.45) is -2.22. The van der Waals surface area contributed by atoms with Crippen molar-refractivity contribution >= 4 is 22.9 Å². The van der Waals surface area contributed by atoms with E-state index in [2.05, 4.69) is 26.3 Å². The van der Waals surface area contributed by atoms with Crippen molar-refractivity contribution in [2.75, 3.05) is 18.0 Å². The lowest BCUT2D eigenvalue weighted by Gasteiger charge is -2.31. The van der Waals surface area contributed by atoms with Crippen molar-refractivity contribution in [1.82, 2.24) is 18.7 Å². The van der Waals surface area contributed by atoms with Gasteiger partial charge in [0.15, 0.2) is 28.4 Å². The average molecular weight is 514 g/mol. The van der Waals surface area contributed by atoms with Crippen LogP contribution in [0.4, 0.5) is 14.7 Å². The third-order valence-corrected chi connectivity index (χ3v) is 6.40. The van der Waals surface area contributed by atoms with Crippen molar-refractivity contribution in [3.8, 4) is 23.3 Å². The molecule has 2 aromatic heterocycles. The number of piperidine rings is 1. The minimum atomic E-state index is -3.93. The number of nitrogens with two attached hydrogens (primary N) is 1. The fourth-order valence-corrected chi connectivity index (χ4v) is 4.66. The summed E-state index contributed by atoms with van der Waals surface area (Å²) in [4.78, 5) is 46.5. The van der Waals surface area contributed by atoms with Crippen LogP contribution >= 0.6 is 0 Å². The predicted octanol–water partition coefficient (Wildman–Crippen LogP) is 1.05.